The highest BCUT2D eigenvalue weighted by molar-refractivity contribution is 6.30. The lowest BCUT2D eigenvalue weighted by atomic mass is 9.79. The van der Waals surface area contributed by atoms with Crippen molar-refractivity contribution < 1.29 is 9.53 Å². The normalized spacial score (nSPS) is 18.3. The Hall–Kier alpha value is -1.99. The number of carbonyl (C=O) groups is 1. The van der Waals surface area contributed by atoms with Gasteiger partial charge >= 0.3 is 6.09 Å². The second-order valence-corrected chi connectivity index (χ2v) is 6.49. The molecule has 0 bridgehead atoms. The first kappa shape index (κ1) is 17.4. The number of nitrogens with zero attached hydrogens (tertiary/aromatic N) is 2. The van der Waals surface area contributed by atoms with Crippen LogP contribution < -0.4 is 0 Å². The van der Waals surface area contributed by atoms with Gasteiger partial charge in [0.25, 0.3) is 0 Å². The third-order valence-corrected chi connectivity index (χ3v) is 4.04. The van der Waals surface area contributed by atoms with Gasteiger partial charge in [-0.2, -0.15) is 0 Å². The van der Waals surface area contributed by atoms with Crippen LogP contribution in [-0.2, 0) is 4.74 Å². The molecule has 0 unspecified atom stereocenters. The molecule has 0 saturated carbocycles. The highest BCUT2D eigenvalue weighted by atomic mass is 35.5. The molecular weight excluding hydrogens is 312 g/mol. The summed E-state index contributed by atoms with van der Waals surface area (Å²) >= 11 is 5.92. The second-order valence-electron chi connectivity index (χ2n) is 6.05. The lowest BCUT2D eigenvalue weighted by Gasteiger charge is -2.39. The molecule has 1 amide bonds. The number of pyridine rings is 1. The molecule has 23 heavy (non-hydrogen) atoms. The molecule has 0 atom stereocenters. The van der Waals surface area contributed by atoms with E-state index in [0.717, 1.165) is 6.42 Å². The van der Waals surface area contributed by atoms with Gasteiger partial charge in [0, 0.05) is 29.7 Å². The van der Waals surface area contributed by atoms with Gasteiger partial charge in [0.05, 0.1) is 6.61 Å². The molecule has 1 aliphatic rings. The minimum atomic E-state index is -0.242. The molecule has 0 aliphatic carbocycles. The van der Waals surface area contributed by atoms with Gasteiger partial charge in [-0.25, -0.2) is 9.78 Å². The first-order valence-electron chi connectivity index (χ1n) is 7.66. The number of amides is 1. The van der Waals surface area contributed by atoms with Crippen LogP contribution >= 0.6 is 11.6 Å². The SMILES string of the molecule is CCOC(=O)N1CC/C(=C\C#Cc2cc(Cl)ccn2)C(C)(C)C1. The fourth-order valence-corrected chi connectivity index (χ4v) is 2.72. The summed E-state index contributed by atoms with van der Waals surface area (Å²) in [5.41, 5.74) is 1.75. The summed E-state index contributed by atoms with van der Waals surface area (Å²) in [5.74, 6) is 6.05. The van der Waals surface area contributed by atoms with Crippen molar-refractivity contribution in [2.45, 2.75) is 27.2 Å². The Morgan fingerprint density at radius 2 is 2.35 bits per heavy atom. The Bertz CT molecular complexity index is 671. The molecule has 0 radical (unpaired) electrons. The van der Waals surface area contributed by atoms with E-state index in [2.05, 4.69) is 30.7 Å². The van der Waals surface area contributed by atoms with Crippen molar-refractivity contribution in [2.24, 2.45) is 5.41 Å². The lowest BCUT2D eigenvalue weighted by molar-refractivity contribution is 0.0862. The van der Waals surface area contributed by atoms with Gasteiger partial charge in [0.2, 0.25) is 0 Å². The van der Waals surface area contributed by atoms with Crippen molar-refractivity contribution in [1.82, 2.24) is 9.88 Å². The maximum absolute atomic E-state index is 11.9. The van der Waals surface area contributed by atoms with Crippen LogP contribution in [0.3, 0.4) is 0 Å². The zero-order chi connectivity index (χ0) is 16.9. The molecular formula is C18H21ClN2O2. The Morgan fingerprint density at radius 1 is 1.57 bits per heavy atom. The van der Waals surface area contributed by atoms with Crippen molar-refractivity contribution in [1.29, 1.82) is 0 Å². The molecule has 2 rings (SSSR count). The van der Waals surface area contributed by atoms with Gasteiger partial charge in [-0.15, -0.1) is 0 Å². The van der Waals surface area contributed by atoms with E-state index >= 15 is 0 Å². The summed E-state index contributed by atoms with van der Waals surface area (Å²) in [6.45, 7) is 7.74. The zero-order valence-corrected chi connectivity index (χ0v) is 14.5. The van der Waals surface area contributed by atoms with Gasteiger partial charge < -0.3 is 9.64 Å². The molecule has 4 nitrogen and oxygen atoms in total. The number of aromatic nitrogens is 1. The topological polar surface area (TPSA) is 42.4 Å². The number of allylic oxidation sites excluding steroid dienone is 1. The third-order valence-electron chi connectivity index (χ3n) is 3.80. The van der Waals surface area contributed by atoms with Gasteiger partial charge in [-0.1, -0.05) is 36.9 Å². The van der Waals surface area contributed by atoms with Crippen LogP contribution in [0.15, 0.2) is 30.0 Å². The van der Waals surface area contributed by atoms with Crippen LogP contribution in [-0.4, -0.2) is 35.7 Å². The van der Waals surface area contributed by atoms with E-state index in [4.69, 9.17) is 16.3 Å². The number of piperidine rings is 1. The smallest absolute Gasteiger partial charge is 0.409 e. The third kappa shape index (κ3) is 4.74. The van der Waals surface area contributed by atoms with Crippen molar-refractivity contribution in [3.63, 3.8) is 0 Å². The van der Waals surface area contributed by atoms with Crippen LogP contribution in [0.25, 0.3) is 0 Å². The average molecular weight is 333 g/mol. The number of halogens is 1. The number of hydrogen-bond acceptors (Lipinski definition) is 3. The van der Waals surface area contributed by atoms with E-state index in [1.54, 1.807) is 23.2 Å². The maximum Gasteiger partial charge on any atom is 0.409 e. The fraction of sp³-hybridized carbons (Fsp3) is 0.444. The molecule has 0 aromatic carbocycles. The number of ether oxygens (including phenoxy) is 1. The first-order chi connectivity index (χ1) is 10.9. The summed E-state index contributed by atoms with van der Waals surface area (Å²) < 4.78 is 5.08. The lowest BCUT2D eigenvalue weighted by Crippen LogP contribution is -2.45. The maximum atomic E-state index is 11.9. The Morgan fingerprint density at radius 3 is 3.00 bits per heavy atom. The van der Waals surface area contributed by atoms with E-state index in [1.807, 2.05) is 13.0 Å². The van der Waals surface area contributed by atoms with E-state index < -0.39 is 0 Å². The van der Waals surface area contributed by atoms with Crippen LogP contribution in [0.1, 0.15) is 32.9 Å². The quantitative estimate of drug-likeness (QED) is 0.732. The van der Waals surface area contributed by atoms with Crippen molar-refractivity contribution in [3.8, 4) is 11.8 Å². The summed E-state index contributed by atoms with van der Waals surface area (Å²) in [6, 6.07) is 3.46. The van der Waals surface area contributed by atoms with Gasteiger partial charge in [0.15, 0.2) is 0 Å². The molecule has 5 heteroatoms. The average Bonchev–Trinajstić information content (AvgIpc) is 2.48. The summed E-state index contributed by atoms with van der Waals surface area (Å²) in [4.78, 5) is 17.8. The molecule has 1 saturated heterocycles. The van der Waals surface area contributed by atoms with Crippen LogP contribution in [0.4, 0.5) is 4.79 Å². The second kappa shape index (κ2) is 7.52. The summed E-state index contributed by atoms with van der Waals surface area (Å²) in [5, 5.41) is 0.625. The Balaban J connectivity index is 2.08. The molecule has 1 aliphatic heterocycles. The van der Waals surface area contributed by atoms with Gasteiger partial charge in [0.1, 0.15) is 5.69 Å². The van der Waals surface area contributed by atoms with Gasteiger partial charge in [-0.3, -0.25) is 0 Å². The summed E-state index contributed by atoms with van der Waals surface area (Å²) in [7, 11) is 0. The van der Waals surface area contributed by atoms with Crippen molar-refractivity contribution >= 4 is 17.7 Å². The van der Waals surface area contributed by atoms with E-state index in [9.17, 15) is 4.79 Å². The van der Waals surface area contributed by atoms with Crippen LogP contribution in [0.5, 0.6) is 0 Å². The Labute approximate surface area is 142 Å². The van der Waals surface area contributed by atoms with E-state index in [1.165, 1.54) is 5.57 Å². The molecule has 1 fully saturated rings. The standard InChI is InChI=1S/C18H21ClN2O2/c1-4-23-17(22)21-11-9-14(18(2,3)13-21)6-5-7-16-12-15(19)8-10-20-16/h6,8,10,12H,4,9,11,13H2,1-3H3/b14-6+. The largest absolute Gasteiger partial charge is 0.450 e. The van der Waals surface area contributed by atoms with Crippen molar-refractivity contribution in [2.75, 3.05) is 19.7 Å². The Kier molecular flexibility index (Phi) is 5.68. The number of likely N-dealkylation sites (tertiary alicyclic amines) is 1. The molecule has 0 spiro atoms. The molecule has 0 N–H and O–H groups in total. The van der Waals surface area contributed by atoms with E-state index in [0.29, 0.717) is 30.4 Å². The number of hydrogen-bond donors (Lipinski definition) is 0. The highest BCUT2D eigenvalue weighted by Gasteiger charge is 2.33. The van der Waals surface area contributed by atoms with Crippen molar-refractivity contribution in [3.05, 3.63) is 40.7 Å². The molecule has 2 heterocycles. The highest BCUT2D eigenvalue weighted by Crippen LogP contribution is 2.34. The molecule has 1 aromatic rings. The zero-order valence-electron chi connectivity index (χ0n) is 13.7. The van der Waals surface area contributed by atoms with E-state index in [-0.39, 0.29) is 11.5 Å². The predicted molar refractivity (Wildman–Crippen MR) is 91.2 cm³/mol. The minimum Gasteiger partial charge on any atom is -0.450 e. The van der Waals surface area contributed by atoms with Gasteiger partial charge in [-0.05, 0) is 37.5 Å². The minimum absolute atomic E-state index is 0.124. The first-order valence-corrected chi connectivity index (χ1v) is 8.04. The fourth-order valence-electron chi connectivity index (χ4n) is 2.56. The van der Waals surface area contributed by atoms with Crippen LogP contribution in [0.2, 0.25) is 5.02 Å². The molecule has 122 valence electrons. The van der Waals surface area contributed by atoms with Crippen LogP contribution in [0, 0.1) is 17.3 Å². The monoisotopic (exact) mass is 332 g/mol. The number of carbonyl (C=O) groups excluding carboxylic acids is 1. The predicted octanol–water partition coefficient (Wildman–Crippen LogP) is 3.90. The molecule has 1 aromatic heterocycles. The summed E-state index contributed by atoms with van der Waals surface area (Å²) in [6.07, 6.45) is 4.13. The number of rotatable bonds is 1.